The van der Waals surface area contributed by atoms with Crippen LogP contribution in [-0.2, 0) is 6.54 Å². The molecule has 0 aliphatic carbocycles. The van der Waals surface area contributed by atoms with Crippen molar-refractivity contribution in [2.24, 2.45) is 0 Å². The second kappa shape index (κ2) is 7.38. The van der Waals surface area contributed by atoms with E-state index in [2.05, 4.69) is 4.57 Å². The zero-order chi connectivity index (χ0) is 19.7. The summed E-state index contributed by atoms with van der Waals surface area (Å²) in [4.78, 5) is 15.3. The molecule has 144 valence electrons. The number of carbonyl (C=O) groups excluding carboxylic acids is 1. The van der Waals surface area contributed by atoms with E-state index < -0.39 is 0 Å². The molecule has 2 heterocycles. The maximum atomic E-state index is 13.9. The predicted octanol–water partition coefficient (Wildman–Crippen LogP) is 3.89. The fourth-order valence-electron chi connectivity index (χ4n) is 3.76. The van der Waals surface area contributed by atoms with E-state index in [1.54, 1.807) is 36.3 Å². The Balaban J connectivity index is 1.78. The van der Waals surface area contributed by atoms with Crippen molar-refractivity contribution in [3.8, 4) is 11.5 Å². The molecule has 1 unspecified atom stereocenters. The van der Waals surface area contributed by atoms with Gasteiger partial charge in [-0.2, -0.15) is 0 Å². The van der Waals surface area contributed by atoms with Crippen LogP contribution in [0.1, 0.15) is 27.7 Å². The highest BCUT2D eigenvalue weighted by Crippen LogP contribution is 2.35. The number of amides is 1. The van der Waals surface area contributed by atoms with Crippen LogP contribution in [0.25, 0.3) is 0 Å². The van der Waals surface area contributed by atoms with Crippen molar-refractivity contribution in [3.63, 3.8) is 0 Å². The number of rotatable bonds is 4. The van der Waals surface area contributed by atoms with Gasteiger partial charge >= 0.3 is 0 Å². The number of hydrogen-bond donors (Lipinski definition) is 0. The summed E-state index contributed by atoms with van der Waals surface area (Å²) < 4.78 is 26.7. The first-order valence-electron chi connectivity index (χ1n) is 9.06. The minimum atomic E-state index is -0.376. The Labute approximate surface area is 162 Å². The number of nitrogens with zero attached hydrogens (tertiary/aromatic N) is 2. The highest BCUT2D eigenvalue weighted by molar-refractivity contribution is 5.97. The molecule has 1 aliphatic heterocycles. The number of hydrogen-bond acceptors (Lipinski definition) is 3. The number of methoxy groups -OCH3 is 2. The zero-order valence-electron chi connectivity index (χ0n) is 15.8. The van der Waals surface area contributed by atoms with Crippen LogP contribution in [-0.4, -0.2) is 36.1 Å². The Morgan fingerprint density at radius 1 is 1.04 bits per heavy atom. The maximum absolute atomic E-state index is 13.9. The molecule has 0 N–H and O–H groups in total. The molecule has 1 aromatic heterocycles. The second-order valence-electron chi connectivity index (χ2n) is 6.65. The van der Waals surface area contributed by atoms with E-state index in [-0.39, 0.29) is 17.8 Å². The average molecular weight is 380 g/mol. The van der Waals surface area contributed by atoms with Gasteiger partial charge in [-0.3, -0.25) is 4.79 Å². The van der Waals surface area contributed by atoms with E-state index in [0.29, 0.717) is 30.2 Å². The van der Waals surface area contributed by atoms with E-state index in [1.807, 2.05) is 24.4 Å². The first kappa shape index (κ1) is 18.1. The molecule has 3 aromatic rings. The molecule has 1 atom stereocenters. The lowest BCUT2D eigenvalue weighted by atomic mass is 9.98. The smallest absolute Gasteiger partial charge is 0.258 e. The number of ether oxygens (including phenoxy) is 2. The van der Waals surface area contributed by atoms with Crippen molar-refractivity contribution in [2.45, 2.75) is 12.6 Å². The summed E-state index contributed by atoms with van der Waals surface area (Å²) in [6.45, 7) is 1.19. The van der Waals surface area contributed by atoms with Crippen LogP contribution in [0.4, 0.5) is 4.39 Å². The van der Waals surface area contributed by atoms with Gasteiger partial charge in [0.1, 0.15) is 17.3 Å². The highest BCUT2D eigenvalue weighted by Gasteiger charge is 2.34. The van der Waals surface area contributed by atoms with Crippen molar-refractivity contribution in [1.29, 1.82) is 0 Å². The first-order chi connectivity index (χ1) is 13.6. The standard InChI is InChI=1S/C22H21FN2O3/c1-27-17-8-9-18(20(14-17)28-2)22(26)25-12-11-24-10-4-7-19(24)21(25)15-5-3-6-16(23)13-15/h3-10,13-14,21H,11-12H2,1-2H3. The molecular weight excluding hydrogens is 359 g/mol. The quantitative estimate of drug-likeness (QED) is 0.690. The van der Waals surface area contributed by atoms with E-state index in [1.165, 1.54) is 19.2 Å². The summed E-state index contributed by atoms with van der Waals surface area (Å²) >= 11 is 0. The lowest BCUT2D eigenvalue weighted by Gasteiger charge is -2.37. The first-order valence-corrected chi connectivity index (χ1v) is 9.06. The van der Waals surface area contributed by atoms with Crippen LogP contribution < -0.4 is 9.47 Å². The summed E-state index contributed by atoms with van der Waals surface area (Å²) in [5.74, 6) is 0.572. The normalized spacial score (nSPS) is 15.8. The molecule has 6 heteroatoms. The summed E-state index contributed by atoms with van der Waals surface area (Å²) in [7, 11) is 3.09. The maximum Gasteiger partial charge on any atom is 0.258 e. The van der Waals surface area contributed by atoms with Gasteiger partial charge in [0.25, 0.3) is 5.91 Å². The van der Waals surface area contributed by atoms with E-state index in [0.717, 1.165) is 11.3 Å². The fourth-order valence-corrected chi connectivity index (χ4v) is 3.76. The Kier molecular flexibility index (Phi) is 4.77. The highest BCUT2D eigenvalue weighted by atomic mass is 19.1. The molecule has 0 bridgehead atoms. The lowest BCUT2D eigenvalue weighted by molar-refractivity contribution is 0.0660. The number of aromatic nitrogens is 1. The third-order valence-electron chi connectivity index (χ3n) is 5.10. The van der Waals surface area contributed by atoms with Crippen molar-refractivity contribution in [3.05, 3.63) is 83.4 Å². The van der Waals surface area contributed by atoms with Crippen LogP contribution in [0.3, 0.4) is 0 Å². The Hall–Kier alpha value is -3.28. The van der Waals surface area contributed by atoms with Gasteiger partial charge in [0, 0.05) is 31.0 Å². The van der Waals surface area contributed by atoms with Crippen molar-refractivity contribution >= 4 is 5.91 Å². The molecule has 5 nitrogen and oxygen atoms in total. The van der Waals surface area contributed by atoms with Gasteiger partial charge in [0.2, 0.25) is 0 Å². The number of benzene rings is 2. The topological polar surface area (TPSA) is 43.7 Å². The molecular formula is C22H21FN2O3. The molecule has 1 aliphatic rings. The number of halogens is 1. The number of fused-ring (bicyclic) bond motifs is 1. The van der Waals surface area contributed by atoms with Crippen molar-refractivity contribution < 1.29 is 18.7 Å². The molecule has 0 radical (unpaired) electrons. The van der Waals surface area contributed by atoms with Crippen LogP contribution in [0.15, 0.2) is 60.8 Å². The van der Waals surface area contributed by atoms with Gasteiger partial charge in [-0.1, -0.05) is 12.1 Å². The van der Waals surface area contributed by atoms with Gasteiger partial charge < -0.3 is 18.9 Å². The van der Waals surface area contributed by atoms with E-state index in [9.17, 15) is 9.18 Å². The van der Waals surface area contributed by atoms with Crippen LogP contribution in [0.5, 0.6) is 11.5 Å². The SMILES string of the molecule is COc1ccc(C(=O)N2CCn3cccc3C2c2cccc(F)c2)c(OC)c1. The van der Waals surface area contributed by atoms with Crippen molar-refractivity contribution in [1.82, 2.24) is 9.47 Å². The minimum Gasteiger partial charge on any atom is -0.497 e. The summed E-state index contributed by atoms with van der Waals surface area (Å²) in [5.41, 5.74) is 2.14. The second-order valence-corrected chi connectivity index (χ2v) is 6.65. The molecule has 4 rings (SSSR count). The van der Waals surface area contributed by atoms with Gasteiger partial charge in [0.05, 0.1) is 25.8 Å². The average Bonchev–Trinajstić information content (AvgIpc) is 3.20. The predicted molar refractivity (Wildman–Crippen MR) is 103 cm³/mol. The molecule has 0 spiro atoms. The zero-order valence-corrected chi connectivity index (χ0v) is 15.8. The van der Waals surface area contributed by atoms with Gasteiger partial charge in [-0.15, -0.1) is 0 Å². The summed E-state index contributed by atoms with van der Waals surface area (Å²) in [6.07, 6.45) is 1.98. The Bertz CT molecular complexity index is 1010. The van der Waals surface area contributed by atoms with Gasteiger partial charge in [-0.05, 0) is 42.0 Å². The monoisotopic (exact) mass is 380 g/mol. The fraction of sp³-hybridized carbons (Fsp3) is 0.227. The molecule has 28 heavy (non-hydrogen) atoms. The van der Waals surface area contributed by atoms with Crippen LogP contribution in [0.2, 0.25) is 0 Å². The Morgan fingerprint density at radius 3 is 2.64 bits per heavy atom. The molecule has 0 fully saturated rings. The van der Waals surface area contributed by atoms with Gasteiger partial charge in [0.15, 0.2) is 0 Å². The van der Waals surface area contributed by atoms with E-state index in [4.69, 9.17) is 9.47 Å². The lowest BCUT2D eigenvalue weighted by Crippen LogP contribution is -2.42. The summed E-state index contributed by atoms with van der Waals surface area (Å²) in [6, 6.07) is 15.1. The summed E-state index contributed by atoms with van der Waals surface area (Å²) in [5, 5.41) is 0. The van der Waals surface area contributed by atoms with E-state index >= 15 is 0 Å². The van der Waals surface area contributed by atoms with Gasteiger partial charge in [-0.25, -0.2) is 4.39 Å². The number of carbonyl (C=O) groups is 1. The van der Waals surface area contributed by atoms with Crippen LogP contribution >= 0.6 is 0 Å². The van der Waals surface area contributed by atoms with Crippen molar-refractivity contribution in [2.75, 3.05) is 20.8 Å². The molecule has 1 amide bonds. The largest absolute Gasteiger partial charge is 0.497 e. The minimum absolute atomic E-state index is 0.166. The third kappa shape index (κ3) is 3.11. The van der Waals surface area contributed by atoms with Crippen LogP contribution in [0, 0.1) is 5.82 Å². The molecule has 0 saturated carbocycles. The molecule has 0 saturated heterocycles. The Morgan fingerprint density at radius 2 is 1.89 bits per heavy atom. The third-order valence-corrected chi connectivity index (χ3v) is 5.10. The molecule has 2 aromatic carbocycles.